The molecule has 0 radical (unpaired) electrons. The van der Waals surface area contributed by atoms with E-state index in [-0.39, 0.29) is 11.8 Å². The number of benzene rings is 1. The number of halogens is 2. The first kappa shape index (κ1) is 14.2. The average molecular weight is 301 g/mol. The summed E-state index contributed by atoms with van der Waals surface area (Å²) in [5, 5.41) is 2.48. The van der Waals surface area contributed by atoms with Gasteiger partial charge in [-0.2, -0.15) is 0 Å². The van der Waals surface area contributed by atoms with Crippen LogP contribution in [0.5, 0.6) is 0 Å². The molecule has 1 saturated heterocycles. The number of carbonyl (C=O) groups excluding carboxylic acids is 2. The fraction of sp³-hybridized carbons (Fsp3) is 0.385. The maximum Gasteiger partial charge on any atom is 0.242 e. The maximum absolute atomic E-state index is 11.7. The molecule has 6 heteroatoms. The third kappa shape index (κ3) is 3.19. The third-order valence-corrected chi connectivity index (χ3v) is 3.44. The Bertz CT molecular complexity index is 517. The summed E-state index contributed by atoms with van der Waals surface area (Å²) in [7, 11) is 0. The highest BCUT2D eigenvalue weighted by molar-refractivity contribution is 6.34. The minimum Gasteiger partial charge on any atom is -0.325 e. The number of alkyl halides is 1. The van der Waals surface area contributed by atoms with E-state index in [4.69, 9.17) is 23.2 Å². The molecule has 102 valence electrons. The minimum absolute atomic E-state index is 0.0769. The van der Waals surface area contributed by atoms with Crippen LogP contribution in [0.4, 0.5) is 11.4 Å². The van der Waals surface area contributed by atoms with E-state index in [1.54, 1.807) is 30.0 Å². The van der Waals surface area contributed by atoms with Crippen LogP contribution in [0.1, 0.15) is 19.8 Å². The second-order valence-electron chi connectivity index (χ2n) is 4.42. The summed E-state index contributed by atoms with van der Waals surface area (Å²) in [5.74, 6) is -0.212. The molecule has 1 atom stereocenters. The Hall–Kier alpha value is -1.26. The standard InChI is InChI=1S/C13H14Cl2N2O2/c1-8(14)13(19)16-9-4-5-11(10(15)7-9)17-6-2-3-12(17)18/h4-5,7-8H,2-3,6H2,1H3,(H,16,19). The normalized spacial score (nSPS) is 16.6. The number of rotatable bonds is 3. The number of hydrogen-bond donors (Lipinski definition) is 1. The van der Waals surface area contributed by atoms with E-state index in [0.29, 0.717) is 29.4 Å². The van der Waals surface area contributed by atoms with Gasteiger partial charge in [0.15, 0.2) is 0 Å². The summed E-state index contributed by atoms with van der Waals surface area (Å²) >= 11 is 11.8. The zero-order valence-corrected chi connectivity index (χ0v) is 12.0. The third-order valence-electron chi connectivity index (χ3n) is 2.94. The predicted octanol–water partition coefficient (Wildman–Crippen LogP) is 3.03. The first-order valence-corrected chi connectivity index (χ1v) is 6.85. The predicted molar refractivity (Wildman–Crippen MR) is 77.0 cm³/mol. The van der Waals surface area contributed by atoms with Gasteiger partial charge in [-0.05, 0) is 31.5 Å². The molecule has 1 aromatic carbocycles. The van der Waals surface area contributed by atoms with Gasteiger partial charge in [-0.3, -0.25) is 9.59 Å². The number of amides is 2. The van der Waals surface area contributed by atoms with Gasteiger partial charge in [0.2, 0.25) is 11.8 Å². The van der Waals surface area contributed by atoms with Gasteiger partial charge in [0, 0.05) is 18.7 Å². The largest absolute Gasteiger partial charge is 0.325 e. The van der Waals surface area contributed by atoms with Gasteiger partial charge < -0.3 is 10.2 Å². The van der Waals surface area contributed by atoms with Gasteiger partial charge in [0.25, 0.3) is 0 Å². The molecule has 1 unspecified atom stereocenters. The van der Waals surface area contributed by atoms with Crippen LogP contribution in [0.3, 0.4) is 0 Å². The summed E-state index contributed by atoms with van der Waals surface area (Å²) in [4.78, 5) is 24.8. The SMILES string of the molecule is CC(Cl)C(=O)Nc1ccc(N2CCCC2=O)c(Cl)c1. The van der Waals surface area contributed by atoms with Crippen LogP contribution in [-0.4, -0.2) is 23.7 Å². The van der Waals surface area contributed by atoms with E-state index in [1.165, 1.54) is 0 Å². The smallest absolute Gasteiger partial charge is 0.242 e. The highest BCUT2D eigenvalue weighted by atomic mass is 35.5. The van der Waals surface area contributed by atoms with Crippen molar-refractivity contribution < 1.29 is 9.59 Å². The zero-order valence-electron chi connectivity index (χ0n) is 10.5. The summed E-state index contributed by atoms with van der Waals surface area (Å²) in [6.45, 7) is 2.28. The molecule has 0 aromatic heterocycles. The number of nitrogens with one attached hydrogen (secondary N) is 1. The van der Waals surface area contributed by atoms with Gasteiger partial charge >= 0.3 is 0 Å². The van der Waals surface area contributed by atoms with E-state index in [1.807, 2.05) is 0 Å². The molecular weight excluding hydrogens is 287 g/mol. The quantitative estimate of drug-likeness (QED) is 0.872. The van der Waals surface area contributed by atoms with Crippen molar-refractivity contribution in [1.29, 1.82) is 0 Å². The van der Waals surface area contributed by atoms with Gasteiger partial charge in [0.1, 0.15) is 5.38 Å². The van der Waals surface area contributed by atoms with Gasteiger partial charge in [-0.25, -0.2) is 0 Å². The maximum atomic E-state index is 11.7. The lowest BCUT2D eigenvalue weighted by atomic mass is 10.2. The molecule has 1 heterocycles. The van der Waals surface area contributed by atoms with Crippen molar-refractivity contribution in [3.05, 3.63) is 23.2 Å². The molecule has 1 fully saturated rings. The summed E-state index contributed by atoms with van der Waals surface area (Å²) in [5.41, 5.74) is 1.25. The molecule has 1 aromatic rings. The van der Waals surface area contributed by atoms with Gasteiger partial charge in [-0.15, -0.1) is 11.6 Å². The molecule has 2 amide bonds. The molecule has 0 aliphatic carbocycles. The van der Waals surface area contributed by atoms with Crippen molar-refractivity contribution in [1.82, 2.24) is 0 Å². The molecule has 0 saturated carbocycles. The van der Waals surface area contributed by atoms with Crippen molar-refractivity contribution in [3.8, 4) is 0 Å². The lowest BCUT2D eigenvalue weighted by molar-refractivity contribution is -0.117. The Morgan fingerprint density at radius 2 is 2.21 bits per heavy atom. The Morgan fingerprint density at radius 3 is 2.74 bits per heavy atom. The van der Waals surface area contributed by atoms with Gasteiger partial charge in [-0.1, -0.05) is 11.6 Å². The monoisotopic (exact) mass is 300 g/mol. The van der Waals surface area contributed by atoms with Crippen LogP contribution in [0.25, 0.3) is 0 Å². The molecular formula is C13H14Cl2N2O2. The lowest BCUT2D eigenvalue weighted by Gasteiger charge is -2.18. The molecule has 1 N–H and O–H groups in total. The van der Waals surface area contributed by atoms with Crippen LogP contribution in [0.15, 0.2) is 18.2 Å². The van der Waals surface area contributed by atoms with Gasteiger partial charge in [0.05, 0.1) is 10.7 Å². The van der Waals surface area contributed by atoms with E-state index in [9.17, 15) is 9.59 Å². The van der Waals surface area contributed by atoms with E-state index < -0.39 is 5.38 Å². The zero-order chi connectivity index (χ0) is 14.0. The second kappa shape index (κ2) is 5.80. The van der Waals surface area contributed by atoms with Crippen molar-refractivity contribution in [2.24, 2.45) is 0 Å². The molecule has 1 aliphatic heterocycles. The van der Waals surface area contributed by atoms with E-state index in [0.717, 1.165) is 6.42 Å². The molecule has 4 nitrogen and oxygen atoms in total. The van der Waals surface area contributed by atoms with E-state index in [2.05, 4.69) is 5.32 Å². The van der Waals surface area contributed by atoms with E-state index >= 15 is 0 Å². The molecule has 0 bridgehead atoms. The topological polar surface area (TPSA) is 49.4 Å². The minimum atomic E-state index is -0.612. The van der Waals surface area contributed by atoms with Crippen molar-refractivity contribution in [2.45, 2.75) is 25.1 Å². The fourth-order valence-corrected chi connectivity index (χ4v) is 2.29. The highest BCUT2D eigenvalue weighted by Crippen LogP contribution is 2.31. The summed E-state index contributed by atoms with van der Waals surface area (Å²) in [6.07, 6.45) is 1.40. The van der Waals surface area contributed by atoms with Crippen molar-refractivity contribution in [3.63, 3.8) is 0 Å². The summed E-state index contributed by atoms with van der Waals surface area (Å²) < 4.78 is 0. The lowest BCUT2D eigenvalue weighted by Crippen LogP contribution is -2.24. The van der Waals surface area contributed by atoms with Crippen LogP contribution in [-0.2, 0) is 9.59 Å². The Morgan fingerprint density at radius 1 is 1.47 bits per heavy atom. The Labute approximate surface area is 121 Å². The molecule has 19 heavy (non-hydrogen) atoms. The van der Waals surface area contributed by atoms with Crippen LogP contribution in [0, 0.1) is 0 Å². The van der Waals surface area contributed by atoms with Crippen LogP contribution in [0.2, 0.25) is 5.02 Å². The first-order chi connectivity index (χ1) is 8.99. The van der Waals surface area contributed by atoms with Crippen molar-refractivity contribution in [2.75, 3.05) is 16.8 Å². The number of anilines is 2. The van der Waals surface area contributed by atoms with Crippen molar-refractivity contribution >= 4 is 46.4 Å². The summed E-state index contributed by atoms with van der Waals surface area (Å²) in [6, 6.07) is 5.07. The molecule has 0 spiro atoms. The number of hydrogen-bond acceptors (Lipinski definition) is 2. The Kier molecular flexibility index (Phi) is 4.32. The van der Waals surface area contributed by atoms with Crippen LogP contribution >= 0.6 is 23.2 Å². The number of nitrogens with zero attached hydrogens (tertiary/aromatic N) is 1. The molecule has 1 aliphatic rings. The first-order valence-electron chi connectivity index (χ1n) is 6.04. The fourth-order valence-electron chi connectivity index (χ4n) is 1.95. The number of carbonyl (C=O) groups is 2. The second-order valence-corrected chi connectivity index (χ2v) is 5.48. The highest BCUT2D eigenvalue weighted by Gasteiger charge is 2.23. The average Bonchev–Trinajstić information content (AvgIpc) is 2.75. The molecule has 2 rings (SSSR count). The Balaban J connectivity index is 2.17. The van der Waals surface area contributed by atoms with Crippen LogP contribution < -0.4 is 10.2 Å².